The van der Waals surface area contributed by atoms with E-state index in [0.717, 1.165) is 12.1 Å². The van der Waals surface area contributed by atoms with Gasteiger partial charge < -0.3 is 10.5 Å². The van der Waals surface area contributed by atoms with Crippen molar-refractivity contribution in [2.24, 2.45) is 11.7 Å². The summed E-state index contributed by atoms with van der Waals surface area (Å²) in [6.45, 7) is 8.49. The summed E-state index contributed by atoms with van der Waals surface area (Å²) in [7, 11) is 0. The van der Waals surface area contributed by atoms with Crippen LogP contribution >= 0.6 is 0 Å². The zero-order valence-electron chi connectivity index (χ0n) is 11.1. The van der Waals surface area contributed by atoms with Gasteiger partial charge in [0.05, 0.1) is 22.9 Å². The van der Waals surface area contributed by atoms with Crippen LogP contribution in [0.1, 0.15) is 45.9 Å². The van der Waals surface area contributed by atoms with Gasteiger partial charge in [-0.25, -0.2) is 0 Å². The van der Waals surface area contributed by atoms with E-state index in [1.165, 1.54) is 0 Å². The number of aromatic nitrogens is 1. The standard InChI is InChI=1S/C14H22N2O/c1-13(2)9-10(14(3,4)17-13)12(15)11-7-5-6-8-16-11/h5-8,10,12H,9,15H2,1-4H3. The molecule has 0 bridgehead atoms. The summed E-state index contributed by atoms with van der Waals surface area (Å²) in [6.07, 6.45) is 2.76. The molecule has 2 atom stereocenters. The molecular formula is C14H22N2O. The molecule has 1 saturated heterocycles. The van der Waals surface area contributed by atoms with Crippen LogP contribution in [-0.2, 0) is 4.74 Å². The molecule has 1 aliphatic rings. The molecule has 1 fully saturated rings. The molecule has 0 spiro atoms. The number of ether oxygens (including phenoxy) is 1. The molecule has 2 unspecified atom stereocenters. The monoisotopic (exact) mass is 234 g/mol. The van der Waals surface area contributed by atoms with Crippen molar-refractivity contribution in [2.75, 3.05) is 0 Å². The summed E-state index contributed by atoms with van der Waals surface area (Å²) < 4.78 is 6.08. The minimum absolute atomic E-state index is 0.0621. The normalized spacial score (nSPS) is 27.9. The Balaban J connectivity index is 2.23. The Hall–Kier alpha value is -0.930. The van der Waals surface area contributed by atoms with Gasteiger partial charge in [-0.3, -0.25) is 4.98 Å². The summed E-state index contributed by atoms with van der Waals surface area (Å²) in [6, 6.07) is 5.83. The fourth-order valence-corrected chi connectivity index (χ4v) is 2.94. The van der Waals surface area contributed by atoms with Crippen molar-refractivity contribution in [3.05, 3.63) is 30.1 Å². The van der Waals surface area contributed by atoms with Crippen molar-refractivity contribution in [1.29, 1.82) is 0 Å². The highest BCUT2D eigenvalue weighted by molar-refractivity contribution is 5.13. The lowest BCUT2D eigenvalue weighted by Crippen LogP contribution is -2.36. The lowest BCUT2D eigenvalue weighted by molar-refractivity contribution is -0.0768. The Morgan fingerprint density at radius 3 is 2.53 bits per heavy atom. The highest BCUT2D eigenvalue weighted by Gasteiger charge is 2.48. The van der Waals surface area contributed by atoms with Crippen LogP contribution in [0.2, 0.25) is 0 Å². The molecule has 1 aromatic rings. The number of pyridine rings is 1. The van der Waals surface area contributed by atoms with E-state index in [0.29, 0.717) is 5.92 Å². The molecule has 94 valence electrons. The first-order valence-corrected chi connectivity index (χ1v) is 6.18. The van der Waals surface area contributed by atoms with Crippen LogP contribution in [-0.4, -0.2) is 16.2 Å². The first-order valence-electron chi connectivity index (χ1n) is 6.18. The molecule has 0 radical (unpaired) electrons. The minimum atomic E-state index is -0.194. The van der Waals surface area contributed by atoms with Crippen molar-refractivity contribution in [1.82, 2.24) is 4.98 Å². The van der Waals surface area contributed by atoms with Gasteiger partial charge in [-0.1, -0.05) is 6.07 Å². The summed E-state index contributed by atoms with van der Waals surface area (Å²) in [4.78, 5) is 4.36. The zero-order valence-corrected chi connectivity index (χ0v) is 11.1. The predicted octanol–water partition coefficient (Wildman–Crippen LogP) is 2.68. The maximum atomic E-state index is 6.35. The van der Waals surface area contributed by atoms with Gasteiger partial charge in [0.2, 0.25) is 0 Å². The molecule has 2 N–H and O–H groups in total. The van der Waals surface area contributed by atoms with Crippen LogP contribution < -0.4 is 5.73 Å². The van der Waals surface area contributed by atoms with E-state index >= 15 is 0 Å². The minimum Gasteiger partial charge on any atom is -0.369 e. The van der Waals surface area contributed by atoms with Crippen LogP contribution in [0.5, 0.6) is 0 Å². The lowest BCUT2D eigenvalue weighted by Gasteiger charge is -2.30. The van der Waals surface area contributed by atoms with Gasteiger partial charge in [-0.05, 0) is 46.2 Å². The first-order chi connectivity index (χ1) is 7.82. The topological polar surface area (TPSA) is 48.1 Å². The summed E-state index contributed by atoms with van der Waals surface area (Å²) in [5.74, 6) is 0.299. The quantitative estimate of drug-likeness (QED) is 0.855. The summed E-state index contributed by atoms with van der Waals surface area (Å²) in [5, 5.41) is 0. The van der Waals surface area contributed by atoms with Gasteiger partial charge in [0.1, 0.15) is 0 Å². The van der Waals surface area contributed by atoms with E-state index in [2.05, 4.69) is 32.7 Å². The average Bonchev–Trinajstić information content (AvgIpc) is 2.47. The van der Waals surface area contributed by atoms with Crippen molar-refractivity contribution in [2.45, 2.75) is 51.4 Å². The van der Waals surface area contributed by atoms with Crippen molar-refractivity contribution in [3.8, 4) is 0 Å². The van der Waals surface area contributed by atoms with Crippen LogP contribution in [0.4, 0.5) is 0 Å². The third-order valence-corrected chi connectivity index (χ3v) is 3.61. The molecule has 3 heteroatoms. The van der Waals surface area contributed by atoms with E-state index < -0.39 is 0 Å². The molecule has 0 saturated carbocycles. The largest absolute Gasteiger partial charge is 0.369 e. The molecule has 0 amide bonds. The smallest absolute Gasteiger partial charge is 0.0681 e. The highest BCUT2D eigenvalue weighted by atomic mass is 16.5. The van der Waals surface area contributed by atoms with Crippen LogP contribution in [0.15, 0.2) is 24.4 Å². The second kappa shape index (κ2) is 4.07. The first kappa shape index (κ1) is 12.5. The highest BCUT2D eigenvalue weighted by Crippen LogP contribution is 2.46. The Morgan fingerprint density at radius 2 is 2.06 bits per heavy atom. The summed E-state index contributed by atoms with van der Waals surface area (Å²) in [5.41, 5.74) is 7.01. The maximum absolute atomic E-state index is 6.35. The van der Waals surface area contributed by atoms with Gasteiger partial charge in [0.15, 0.2) is 0 Å². The van der Waals surface area contributed by atoms with Gasteiger partial charge >= 0.3 is 0 Å². The van der Waals surface area contributed by atoms with E-state index in [1.54, 1.807) is 6.20 Å². The van der Waals surface area contributed by atoms with Crippen molar-refractivity contribution >= 4 is 0 Å². The number of hydrogen-bond acceptors (Lipinski definition) is 3. The van der Waals surface area contributed by atoms with Crippen LogP contribution in [0.25, 0.3) is 0 Å². The maximum Gasteiger partial charge on any atom is 0.0681 e. The number of hydrogen-bond donors (Lipinski definition) is 1. The van der Waals surface area contributed by atoms with E-state index in [4.69, 9.17) is 10.5 Å². The third-order valence-electron chi connectivity index (χ3n) is 3.61. The molecular weight excluding hydrogens is 212 g/mol. The van der Waals surface area contributed by atoms with E-state index in [9.17, 15) is 0 Å². The SMILES string of the molecule is CC1(C)CC(C(N)c2ccccn2)C(C)(C)O1. The fraction of sp³-hybridized carbons (Fsp3) is 0.643. The Labute approximate surface area is 103 Å². The molecule has 1 aromatic heterocycles. The molecule has 2 heterocycles. The number of nitrogens with two attached hydrogens (primary N) is 1. The summed E-state index contributed by atoms with van der Waals surface area (Å²) >= 11 is 0. The second-order valence-electron chi connectivity index (χ2n) is 6.06. The van der Waals surface area contributed by atoms with Gasteiger partial charge in [0, 0.05) is 12.1 Å². The van der Waals surface area contributed by atoms with E-state index in [1.807, 2.05) is 18.2 Å². The Bertz CT molecular complexity index is 386. The molecule has 17 heavy (non-hydrogen) atoms. The van der Waals surface area contributed by atoms with Gasteiger partial charge in [-0.2, -0.15) is 0 Å². The van der Waals surface area contributed by atoms with Crippen LogP contribution in [0.3, 0.4) is 0 Å². The lowest BCUT2D eigenvalue weighted by atomic mass is 9.80. The molecule has 1 aliphatic heterocycles. The van der Waals surface area contributed by atoms with Gasteiger partial charge in [-0.15, -0.1) is 0 Å². The number of rotatable bonds is 2. The average molecular weight is 234 g/mol. The van der Waals surface area contributed by atoms with Gasteiger partial charge in [0.25, 0.3) is 0 Å². The second-order valence-corrected chi connectivity index (χ2v) is 6.06. The van der Waals surface area contributed by atoms with Crippen molar-refractivity contribution in [3.63, 3.8) is 0 Å². The Morgan fingerprint density at radius 1 is 1.35 bits per heavy atom. The van der Waals surface area contributed by atoms with E-state index in [-0.39, 0.29) is 17.2 Å². The number of nitrogens with zero attached hydrogens (tertiary/aromatic N) is 1. The third kappa shape index (κ3) is 2.50. The molecule has 0 aliphatic carbocycles. The molecule has 3 nitrogen and oxygen atoms in total. The molecule has 2 rings (SSSR count). The van der Waals surface area contributed by atoms with Crippen LogP contribution in [0, 0.1) is 5.92 Å². The predicted molar refractivity (Wildman–Crippen MR) is 68.5 cm³/mol. The molecule has 0 aromatic carbocycles. The zero-order chi connectivity index (χ0) is 12.7. The van der Waals surface area contributed by atoms with Crippen molar-refractivity contribution < 1.29 is 4.74 Å². The fourth-order valence-electron chi connectivity index (χ4n) is 2.94. The Kier molecular flexibility index (Phi) is 3.00.